The van der Waals surface area contributed by atoms with Crippen molar-refractivity contribution in [2.75, 3.05) is 26.1 Å². The number of rotatable bonds is 2. The molecule has 26 heavy (non-hydrogen) atoms. The fourth-order valence-corrected chi connectivity index (χ4v) is 2.64. The number of para-hydroxylation sites is 1. The van der Waals surface area contributed by atoms with E-state index < -0.39 is 0 Å². The zero-order valence-corrected chi connectivity index (χ0v) is 14.5. The van der Waals surface area contributed by atoms with E-state index in [4.69, 9.17) is 13.9 Å². The molecule has 1 aromatic heterocycles. The van der Waals surface area contributed by atoms with Crippen LogP contribution in [-0.4, -0.2) is 25.9 Å². The van der Waals surface area contributed by atoms with Crippen LogP contribution in [0.1, 0.15) is 5.56 Å². The van der Waals surface area contributed by atoms with Gasteiger partial charge in [0.1, 0.15) is 22.8 Å². The Kier molecular flexibility index (Phi) is 5.12. The Morgan fingerprint density at radius 1 is 1.08 bits per heavy atom. The second-order valence-corrected chi connectivity index (χ2v) is 5.51. The van der Waals surface area contributed by atoms with Crippen LogP contribution in [0.4, 0.5) is 5.69 Å². The standard InChI is InChI=1S/C11H13NO3.C9H6O2/c1-14-7-5-8-11(10(6-7)15-2)9(13)3-4-12-8;10-9-6-5-7-3-1-2-4-8(7)11-9/h3,5-6,12-13H,4H2,1-2H3;1-6H. The molecular weight excluding hydrogens is 334 g/mol. The van der Waals surface area contributed by atoms with Crippen molar-refractivity contribution in [2.45, 2.75) is 0 Å². The molecule has 6 nitrogen and oxygen atoms in total. The molecule has 0 aliphatic carbocycles. The van der Waals surface area contributed by atoms with E-state index in [2.05, 4.69) is 5.32 Å². The molecule has 0 atom stereocenters. The minimum atomic E-state index is -0.302. The number of hydrogen-bond donors (Lipinski definition) is 2. The third-order valence-electron chi connectivity index (χ3n) is 3.90. The van der Waals surface area contributed by atoms with E-state index in [-0.39, 0.29) is 11.4 Å². The first-order chi connectivity index (χ1) is 12.6. The van der Waals surface area contributed by atoms with Gasteiger partial charge < -0.3 is 24.3 Å². The molecule has 1 aliphatic rings. The Labute approximate surface area is 150 Å². The quantitative estimate of drug-likeness (QED) is 0.682. The van der Waals surface area contributed by atoms with E-state index >= 15 is 0 Å². The molecule has 0 unspecified atom stereocenters. The lowest BCUT2D eigenvalue weighted by atomic mass is 10.1. The van der Waals surface area contributed by atoms with Gasteiger partial charge in [0.25, 0.3) is 0 Å². The van der Waals surface area contributed by atoms with Crippen molar-refractivity contribution in [1.29, 1.82) is 0 Å². The summed E-state index contributed by atoms with van der Waals surface area (Å²) < 4.78 is 15.2. The first-order valence-corrected chi connectivity index (χ1v) is 8.00. The molecule has 0 bridgehead atoms. The Balaban J connectivity index is 0.000000158. The lowest BCUT2D eigenvalue weighted by Gasteiger charge is -2.19. The van der Waals surface area contributed by atoms with Crippen molar-refractivity contribution in [3.63, 3.8) is 0 Å². The van der Waals surface area contributed by atoms with Gasteiger partial charge in [0.15, 0.2) is 0 Å². The smallest absolute Gasteiger partial charge is 0.336 e. The molecule has 0 fully saturated rings. The number of hydrogen-bond acceptors (Lipinski definition) is 6. The maximum Gasteiger partial charge on any atom is 0.336 e. The number of ether oxygens (including phenoxy) is 2. The maximum atomic E-state index is 10.7. The van der Waals surface area contributed by atoms with Gasteiger partial charge in [-0.05, 0) is 18.2 Å². The zero-order chi connectivity index (χ0) is 18.5. The summed E-state index contributed by atoms with van der Waals surface area (Å²) in [4.78, 5) is 10.7. The Hall–Kier alpha value is -3.41. The van der Waals surface area contributed by atoms with Crippen molar-refractivity contribution in [3.05, 3.63) is 70.6 Å². The molecule has 3 aromatic rings. The van der Waals surface area contributed by atoms with Crippen LogP contribution in [0.2, 0.25) is 0 Å². The highest BCUT2D eigenvalue weighted by Gasteiger charge is 2.18. The molecule has 2 N–H and O–H groups in total. The van der Waals surface area contributed by atoms with E-state index in [0.29, 0.717) is 29.2 Å². The second-order valence-electron chi connectivity index (χ2n) is 5.51. The van der Waals surface area contributed by atoms with Crippen LogP contribution < -0.4 is 20.4 Å². The van der Waals surface area contributed by atoms with Crippen molar-refractivity contribution >= 4 is 22.4 Å². The number of anilines is 1. The Bertz CT molecular complexity index is 1010. The summed E-state index contributed by atoms with van der Waals surface area (Å²) in [5, 5.41) is 13.8. The molecule has 2 heterocycles. The molecule has 4 rings (SSSR count). The fourth-order valence-electron chi connectivity index (χ4n) is 2.64. The minimum Gasteiger partial charge on any atom is -0.507 e. The van der Waals surface area contributed by atoms with Crippen LogP contribution in [0, 0.1) is 0 Å². The number of aliphatic hydroxyl groups is 1. The highest BCUT2D eigenvalue weighted by atomic mass is 16.5. The van der Waals surface area contributed by atoms with E-state index in [1.807, 2.05) is 24.3 Å². The topological polar surface area (TPSA) is 80.9 Å². The molecule has 1 aliphatic heterocycles. The molecule has 0 radical (unpaired) electrons. The van der Waals surface area contributed by atoms with Crippen molar-refractivity contribution in [1.82, 2.24) is 0 Å². The summed E-state index contributed by atoms with van der Waals surface area (Å²) in [5.74, 6) is 1.54. The van der Waals surface area contributed by atoms with Crippen molar-refractivity contribution in [2.24, 2.45) is 0 Å². The van der Waals surface area contributed by atoms with E-state index in [0.717, 1.165) is 11.1 Å². The van der Waals surface area contributed by atoms with Crippen molar-refractivity contribution in [3.8, 4) is 11.5 Å². The van der Waals surface area contributed by atoms with E-state index in [9.17, 15) is 9.90 Å². The molecule has 0 amide bonds. The Morgan fingerprint density at radius 2 is 1.88 bits per heavy atom. The normalized spacial score (nSPS) is 12.2. The number of benzene rings is 2. The Morgan fingerprint density at radius 3 is 2.65 bits per heavy atom. The molecule has 0 saturated carbocycles. The first-order valence-electron chi connectivity index (χ1n) is 8.00. The predicted octanol–water partition coefficient (Wildman–Crippen LogP) is 3.82. The van der Waals surface area contributed by atoms with E-state index in [1.165, 1.54) is 6.07 Å². The summed E-state index contributed by atoms with van der Waals surface area (Å²) in [6.45, 7) is 0.606. The van der Waals surface area contributed by atoms with Crippen LogP contribution in [0.3, 0.4) is 0 Å². The molecule has 134 valence electrons. The summed E-state index contributed by atoms with van der Waals surface area (Å²) in [7, 11) is 3.16. The molecule has 0 spiro atoms. The summed E-state index contributed by atoms with van der Waals surface area (Å²) >= 11 is 0. The zero-order valence-electron chi connectivity index (χ0n) is 14.5. The number of aliphatic hydroxyl groups excluding tert-OH is 1. The molecular formula is C20H19NO5. The van der Waals surface area contributed by atoms with E-state index in [1.54, 1.807) is 38.5 Å². The molecule has 0 saturated heterocycles. The van der Waals surface area contributed by atoms with Crippen LogP contribution in [0.25, 0.3) is 16.7 Å². The van der Waals surface area contributed by atoms with Gasteiger partial charge in [-0.3, -0.25) is 0 Å². The molecule has 2 aromatic carbocycles. The third kappa shape index (κ3) is 3.64. The van der Waals surface area contributed by atoms with Crippen LogP contribution in [0.15, 0.2) is 63.8 Å². The van der Waals surface area contributed by atoms with Gasteiger partial charge in [-0.2, -0.15) is 0 Å². The van der Waals surface area contributed by atoms with Gasteiger partial charge in [0.2, 0.25) is 0 Å². The predicted molar refractivity (Wildman–Crippen MR) is 101 cm³/mol. The van der Waals surface area contributed by atoms with Crippen LogP contribution >= 0.6 is 0 Å². The molecule has 6 heteroatoms. The number of nitrogens with one attached hydrogen (secondary N) is 1. The lowest BCUT2D eigenvalue weighted by Crippen LogP contribution is -2.09. The SMILES string of the molecule is COc1cc2c(c(OC)c1)C(O)=CCN2.O=c1ccc2ccccc2o1. The minimum absolute atomic E-state index is 0.239. The third-order valence-corrected chi connectivity index (χ3v) is 3.90. The fraction of sp³-hybridized carbons (Fsp3) is 0.150. The van der Waals surface area contributed by atoms with Gasteiger partial charge in [0, 0.05) is 30.1 Å². The van der Waals surface area contributed by atoms with Gasteiger partial charge in [0.05, 0.1) is 25.5 Å². The first kappa shape index (κ1) is 17.4. The van der Waals surface area contributed by atoms with Gasteiger partial charge >= 0.3 is 5.63 Å². The van der Waals surface area contributed by atoms with Crippen molar-refractivity contribution < 1.29 is 19.0 Å². The van der Waals surface area contributed by atoms with Gasteiger partial charge in [-0.25, -0.2) is 4.79 Å². The number of fused-ring (bicyclic) bond motifs is 2. The maximum absolute atomic E-state index is 10.7. The highest BCUT2D eigenvalue weighted by Crippen LogP contribution is 2.37. The average molecular weight is 353 g/mol. The van der Waals surface area contributed by atoms with Gasteiger partial charge in [-0.1, -0.05) is 18.2 Å². The summed E-state index contributed by atoms with van der Waals surface area (Å²) in [6, 6.07) is 14.2. The largest absolute Gasteiger partial charge is 0.507 e. The number of methoxy groups -OCH3 is 2. The summed E-state index contributed by atoms with van der Waals surface area (Å²) in [6.07, 6.45) is 1.71. The van der Waals surface area contributed by atoms with Gasteiger partial charge in [-0.15, -0.1) is 0 Å². The average Bonchev–Trinajstić information content (AvgIpc) is 2.67. The lowest BCUT2D eigenvalue weighted by molar-refractivity contribution is 0.391. The second kappa shape index (κ2) is 7.65. The van der Waals surface area contributed by atoms with Crippen LogP contribution in [-0.2, 0) is 0 Å². The summed E-state index contributed by atoms with van der Waals surface area (Å²) in [5.41, 5.74) is 1.85. The monoisotopic (exact) mass is 353 g/mol. The highest BCUT2D eigenvalue weighted by molar-refractivity contribution is 5.81. The van der Waals surface area contributed by atoms with Crippen LogP contribution in [0.5, 0.6) is 11.5 Å².